The number of benzene rings is 1. The van der Waals surface area contributed by atoms with Crippen LogP contribution >= 0.6 is 0 Å². The van der Waals surface area contributed by atoms with E-state index in [9.17, 15) is 9.90 Å². The summed E-state index contributed by atoms with van der Waals surface area (Å²) in [6, 6.07) is 8.44. The molecule has 1 aliphatic rings. The van der Waals surface area contributed by atoms with E-state index < -0.39 is 5.97 Å². The summed E-state index contributed by atoms with van der Waals surface area (Å²) in [4.78, 5) is 11.3. The number of carboxylic acid groups (broad SMARTS) is 1. The zero-order valence-corrected chi connectivity index (χ0v) is 11.2. The number of aryl methyl sites for hydroxylation is 1. The van der Waals surface area contributed by atoms with Crippen LogP contribution in [0.25, 0.3) is 0 Å². The Labute approximate surface area is 109 Å². The van der Waals surface area contributed by atoms with Gasteiger partial charge in [0.25, 0.3) is 0 Å². The van der Waals surface area contributed by atoms with Crippen molar-refractivity contribution in [2.45, 2.75) is 39.5 Å². The Kier molecular flexibility index (Phi) is 4.05. The van der Waals surface area contributed by atoms with Gasteiger partial charge in [-0.2, -0.15) is 0 Å². The molecule has 18 heavy (non-hydrogen) atoms. The molecule has 3 atom stereocenters. The fraction of sp³-hybridized carbons (Fsp3) is 0.562. The first kappa shape index (κ1) is 13.1. The second-order valence-electron chi connectivity index (χ2n) is 5.82. The van der Waals surface area contributed by atoms with Crippen LogP contribution in [0.4, 0.5) is 0 Å². The Morgan fingerprint density at radius 3 is 2.83 bits per heavy atom. The average Bonchev–Trinajstić information content (AvgIpc) is 2.28. The standard InChI is InChI=1S/C16H22O2/c1-11-4-3-5-13(8-11)10-14-9-12(2)6-7-15(14)16(17)18/h3-5,8,12,14-15H,6-7,9-10H2,1-2H3,(H,17,18). The van der Waals surface area contributed by atoms with Crippen molar-refractivity contribution < 1.29 is 9.90 Å². The average molecular weight is 246 g/mol. The molecule has 1 aromatic rings. The Morgan fingerprint density at radius 2 is 2.17 bits per heavy atom. The molecule has 1 saturated carbocycles. The lowest BCUT2D eigenvalue weighted by molar-refractivity contribution is -0.145. The highest BCUT2D eigenvalue weighted by atomic mass is 16.4. The molecule has 0 saturated heterocycles. The second kappa shape index (κ2) is 5.55. The van der Waals surface area contributed by atoms with E-state index in [1.54, 1.807) is 0 Å². The zero-order chi connectivity index (χ0) is 13.1. The van der Waals surface area contributed by atoms with Gasteiger partial charge in [0.2, 0.25) is 0 Å². The van der Waals surface area contributed by atoms with Gasteiger partial charge in [0, 0.05) is 0 Å². The third kappa shape index (κ3) is 3.12. The predicted octanol–water partition coefficient (Wildman–Crippen LogP) is 3.67. The van der Waals surface area contributed by atoms with Crippen LogP contribution in [0.2, 0.25) is 0 Å². The summed E-state index contributed by atoms with van der Waals surface area (Å²) in [5, 5.41) is 9.33. The van der Waals surface area contributed by atoms with E-state index in [0.717, 1.165) is 25.7 Å². The minimum atomic E-state index is -0.612. The Balaban J connectivity index is 2.11. The molecule has 0 aliphatic heterocycles. The van der Waals surface area contributed by atoms with Crippen molar-refractivity contribution in [2.75, 3.05) is 0 Å². The van der Waals surface area contributed by atoms with Crippen LogP contribution in [0, 0.1) is 24.7 Å². The number of carbonyl (C=O) groups is 1. The van der Waals surface area contributed by atoms with Crippen LogP contribution < -0.4 is 0 Å². The summed E-state index contributed by atoms with van der Waals surface area (Å²) in [6.45, 7) is 4.32. The third-order valence-corrected chi connectivity index (χ3v) is 4.14. The van der Waals surface area contributed by atoms with Crippen molar-refractivity contribution >= 4 is 5.97 Å². The minimum absolute atomic E-state index is 0.151. The first-order chi connectivity index (χ1) is 8.56. The molecule has 0 bridgehead atoms. The smallest absolute Gasteiger partial charge is 0.306 e. The van der Waals surface area contributed by atoms with Gasteiger partial charge >= 0.3 is 5.97 Å². The predicted molar refractivity (Wildman–Crippen MR) is 72.5 cm³/mol. The minimum Gasteiger partial charge on any atom is -0.481 e. The molecular formula is C16H22O2. The maximum absolute atomic E-state index is 11.3. The molecular weight excluding hydrogens is 224 g/mol. The van der Waals surface area contributed by atoms with Gasteiger partial charge in [-0.25, -0.2) is 0 Å². The number of hydrogen-bond donors (Lipinski definition) is 1. The number of aliphatic carboxylic acids is 1. The Morgan fingerprint density at radius 1 is 1.39 bits per heavy atom. The van der Waals surface area contributed by atoms with Crippen LogP contribution in [0.3, 0.4) is 0 Å². The van der Waals surface area contributed by atoms with E-state index in [2.05, 4.69) is 38.1 Å². The Hall–Kier alpha value is -1.31. The Bertz CT molecular complexity index is 425. The molecule has 2 nitrogen and oxygen atoms in total. The normalized spacial score (nSPS) is 28.0. The lowest BCUT2D eigenvalue weighted by Crippen LogP contribution is -2.31. The molecule has 0 heterocycles. The quantitative estimate of drug-likeness (QED) is 0.883. The fourth-order valence-electron chi connectivity index (χ4n) is 3.19. The molecule has 0 radical (unpaired) electrons. The van der Waals surface area contributed by atoms with Crippen molar-refractivity contribution in [3.63, 3.8) is 0 Å². The molecule has 2 heteroatoms. The van der Waals surface area contributed by atoms with Gasteiger partial charge < -0.3 is 5.11 Å². The van der Waals surface area contributed by atoms with Gasteiger partial charge in [-0.3, -0.25) is 4.79 Å². The molecule has 1 aliphatic carbocycles. The highest BCUT2D eigenvalue weighted by Gasteiger charge is 2.33. The fourth-order valence-corrected chi connectivity index (χ4v) is 3.19. The third-order valence-electron chi connectivity index (χ3n) is 4.14. The van der Waals surface area contributed by atoms with Gasteiger partial charge in [0.05, 0.1) is 5.92 Å². The zero-order valence-electron chi connectivity index (χ0n) is 11.2. The SMILES string of the molecule is Cc1cccc(CC2CC(C)CCC2C(=O)O)c1. The van der Waals surface area contributed by atoms with Crippen LogP contribution in [-0.4, -0.2) is 11.1 Å². The van der Waals surface area contributed by atoms with Crippen molar-refractivity contribution in [3.8, 4) is 0 Å². The van der Waals surface area contributed by atoms with Crippen molar-refractivity contribution in [1.82, 2.24) is 0 Å². The van der Waals surface area contributed by atoms with E-state index in [1.807, 2.05) is 0 Å². The van der Waals surface area contributed by atoms with Gasteiger partial charge in [-0.15, -0.1) is 0 Å². The molecule has 1 aromatic carbocycles. The molecule has 0 aromatic heterocycles. The molecule has 2 rings (SSSR count). The molecule has 3 unspecified atom stereocenters. The highest BCUT2D eigenvalue weighted by Crippen LogP contribution is 2.36. The van der Waals surface area contributed by atoms with Gasteiger partial charge in [0.1, 0.15) is 0 Å². The van der Waals surface area contributed by atoms with Crippen LogP contribution in [-0.2, 0) is 11.2 Å². The van der Waals surface area contributed by atoms with E-state index in [0.29, 0.717) is 11.8 Å². The molecule has 1 fully saturated rings. The van der Waals surface area contributed by atoms with Gasteiger partial charge in [-0.05, 0) is 50.0 Å². The van der Waals surface area contributed by atoms with Crippen LogP contribution in [0.15, 0.2) is 24.3 Å². The van der Waals surface area contributed by atoms with Gasteiger partial charge in [-0.1, -0.05) is 36.8 Å². The number of hydrogen-bond acceptors (Lipinski definition) is 1. The molecule has 0 spiro atoms. The van der Waals surface area contributed by atoms with Gasteiger partial charge in [0.15, 0.2) is 0 Å². The molecule has 1 N–H and O–H groups in total. The van der Waals surface area contributed by atoms with Crippen molar-refractivity contribution in [3.05, 3.63) is 35.4 Å². The first-order valence-corrected chi connectivity index (χ1v) is 6.84. The maximum Gasteiger partial charge on any atom is 0.306 e. The molecule has 98 valence electrons. The number of rotatable bonds is 3. The summed E-state index contributed by atoms with van der Waals surface area (Å²) in [7, 11) is 0. The number of carboxylic acids is 1. The first-order valence-electron chi connectivity index (χ1n) is 6.84. The lowest BCUT2D eigenvalue weighted by atomic mass is 9.72. The summed E-state index contributed by atoms with van der Waals surface area (Å²) in [5.41, 5.74) is 2.53. The summed E-state index contributed by atoms with van der Waals surface area (Å²) in [5.74, 6) is 0.199. The lowest BCUT2D eigenvalue weighted by Gasteiger charge is -2.32. The summed E-state index contributed by atoms with van der Waals surface area (Å²) >= 11 is 0. The van der Waals surface area contributed by atoms with Crippen LogP contribution in [0.5, 0.6) is 0 Å². The van der Waals surface area contributed by atoms with Crippen molar-refractivity contribution in [2.24, 2.45) is 17.8 Å². The maximum atomic E-state index is 11.3. The second-order valence-corrected chi connectivity index (χ2v) is 5.82. The topological polar surface area (TPSA) is 37.3 Å². The van der Waals surface area contributed by atoms with E-state index in [4.69, 9.17) is 0 Å². The van der Waals surface area contributed by atoms with E-state index >= 15 is 0 Å². The van der Waals surface area contributed by atoms with E-state index in [1.165, 1.54) is 11.1 Å². The monoisotopic (exact) mass is 246 g/mol. The van der Waals surface area contributed by atoms with E-state index in [-0.39, 0.29) is 5.92 Å². The summed E-state index contributed by atoms with van der Waals surface area (Å²) in [6.07, 6.45) is 3.85. The van der Waals surface area contributed by atoms with Crippen LogP contribution in [0.1, 0.15) is 37.3 Å². The molecule has 0 amide bonds. The van der Waals surface area contributed by atoms with Crippen molar-refractivity contribution in [1.29, 1.82) is 0 Å². The largest absolute Gasteiger partial charge is 0.481 e. The summed E-state index contributed by atoms with van der Waals surface area (Å²) < 4.78 is 0. The highest BCUT2D eigenvalue weighted by molar-refractivity contribution is 5.70.